The molecular formula is C17H21ClN2O. The molecule has 4 heteroatoms. The van der Waals surface area contributed by atoms with Crippen molar-refractivity contribution in [1.82, 2.24) is 0 Å². The summed E-state index contributed by atoms with van der Waals surface area (Å²) in [5, 5.41) is 4.21. The second-order valence-electron chi connectivity index (χ2n) is 5.09. The summed E-state index contributed by atoms with van der Waals surface area (Å²) in [7, 11) is 5.70. The third kappa shape index (κ3) is 3.90. The maximum Gasteiger partial charge on any atom is 0.0786 e. The van der Waals surface area contributed by atoms with Crippen LogP contribution in [0.5, 0.6) is 0 Å². The highest BCUT2D eigenvalue weighted by Gasteiger charge is 2.09. The van der Waals surface area contributed by atoms with Gasteiger partial charge in [0.1, 0.15) is 0 Å². The Kier molecular flexibility index (Phi) is 5.48. The predicted molar refractivity (Wildman–Crippen MR) is 90.3 cm³/mol. The van der Waals surface area contributed by atoms with Crippen molar-refractivity contribution in [2.75, 3.05) is 31.4 Å². The maximum atomic E-state index is 6.29. The summed E-state index contributed by atoms with van der Waals surface area (Å²) in [6.07, 6.45) is 0. The largest absolute Gasteiger partial charge is 0.380 e. The van der Waals surface area contributed by atoms with Gasteiger partial charge in [-0.15, -0.1) is 0 Å². The molecule has 2 rings (SSSR count). The Morgan fingerprint density at radius 1 is 1.05 bits per heavy atom. The average molecular weight is 305 g/mol. The molecule has 0 atom stereocenters. The van der Waals surface area contributed by atoms with E-state index in [4.69, 9.17) is 16.3 Å². The van der Waals surface area contributed by atoms with Crippen LogP contribution in [0, 0.1) is 0 Å². The lowest BCUT2D eigenvalue weighted by Crippen LogP contribution is -2.13. The van der Waals surface area contributed by atoms with Gasteiger partial charge in [-0.25, -0.2) is 0 Å². The number of methoxy groups -OCH3 is 1. The van der Waals surface area contributed by atoms with Gasteiger partial charge in [-0.05, 0) is 23.3 Å². The number of rotatable bonds is 6. The first-order chi connectivity index (χ1) is 10.1. The molecule has 2 aromatic carbocycles. The van der Waals surface area contributed by atoms with Crippen molar-refractivity contribution >= 4 is 23.0 Å². The molecule has 112 valence electrons. The molecule has 0 saturated carbocycles. The van der Waals surface area contributed by atoms with Gasteiger partial charge in [0.15, 0.2) is 0 Å². The molecule has 0 unspecified atom stereocenters. The first kappa shape index (κ1) is 15.7. The van der Waals surface area contributed by atoms with Gasteiger partial charge in [-0.3, -0.25) is 0 Å². The van der Waals surface area contributed by atoms with Crippen LogP contribution in [-0.2, 0) is 17.9 Å². The number of benzene rings is 2. The fourth-order valence-corrected chi connectivity index (χ4v) is 2.67. The Bertz CT molecular complexity index is 599. The van der Waals surface area contributed by atoms with E-state index < -0.39 is 0 Å². The second-order valence-corrected chi connectivity index (χ2v) is 5.49. The van der Waals surface area contributed by atoms with Crippen molar-refractivity contribution in [3.63, 3.8) is 0 Å². The van der Waals surface area contributed by atoms with Crippen molar-refractivity contribution in [2.24, 2.45) is 0 Å². The smallest absolute Gasteiger partial charge is 0.0786 e. The van der Waals surface area contributed by atoms with Crippen LogP contribution in [0.15, 0.2) is 42.5 Å². The standard InChI is InChI=1S/C17H21ClN2O/c1-20(2)17-15(18)9-6-10-16(17)19-11-13-7-4-5-8-14(13)12-21-3/h4-10,19H,11-12H2,1-3H3. The third-order valence-corrected chi connectivity index (χ3v) is 3.63. The van der Waals surface area contributed by atoms with Gasteiger partial charge in [0.2, 0.25) is 0 Å². The number of halogens is 1. The number of nitrogens with zero attached hydrogens (tertiary/aromatic N) is 1. The number of anilines is 2. The van der Waals surface area contributed by atoms with E-state index in [-0.39, 0.29) is 0 Å². The molecule has 2 aromatic rings. The zero-order valence-corrected chi connectivity index (χ0v) is 13.4. The van der Waals surface area contributed by atoms with Crippen molar-refractivity contribution in [3.8, 4) is 0 Å². The first-order valence-corrected chi connectivity index (χ1v) is 7.26. The van der Waals surface area contributed by atoms with Gasteiger partial charge in [-0.2, -0.15) is 0 Å². The summed E-state index contributed by atoms with van der Waals surface area (Å²) in [6.45, 7) is 1.36. The average Bonchev–Trinajstić information content (AvgIpc) is 2.46. The molecule has 3 nitrogen and oxygen atoms in total. The van der Waals surface area contributed by atoms with Crippen molar-refractivity contribution in [2.45, 2.75) is 13.2 Å². The zero-order chi connectivity index (χ0) is 15.2. The van der Waals surface area contributed by atoms with Gasteiger partial charge in [0, 0.05) is 27.7 Å². The van der Waals surface area contributed by atoms with Gasteiger partial charge >= 0.3 is 0 Å². The summed E-state index contributed by atoms with van der Waals surface area (Å²) < 4.78 is 5.24. The van der Waals surface area contributed by atoms with Crippen LogP contribution >= 0.6 is 11.6 Å². The van der Waals surface area contributed by atoms with Gasteiger partial charge in [-0.1, -0.05) is 41.9 Å². The highest BCUT2D eigenvalue weighted by atomic mass is 35.5. The van der Waals surface area contributed by atoms with E-state index in [9.17, 15) is 0 Å². The van der Waals surface area contributed by atoms with Crippen molar-refractivity contribution in [1.29, 1.82) is 0 Å². The summed E-state index contributed by atoms with van der Waals surface area (Å²) in [4.78, 5) is 2.02. The predicted octanol–water partition coefficient (Wildman–Crippen LogP) is 4.16. The summed E-state index contributed by atoms with van der Waals surface area (Å²) in [5.74, 6) is 0. The van der Waals surface area contributed by atoms with Crippen LogP contribution in [0.25, 0.3) is 0 Å². The lowest BCUT2D eigenvalue weighted by molar-refractivity contribution is 0.184. The minimum Gasteiger partial charge on any atom is -0.380 e. The Labute approximate surface area is 131 Å². The molecule has 0 radical (unpaired) electrons. The Morgan fingerprint density at radius 2 is 1.76 bits per heavy atom. The van der Waals surface area contributed by atoms with E-state index in [1.54, 1.807) is 7.11 Å². The molecule has 21 heavy (non-hydrogen) atoms. The van der Waals surface area contributed by atoms with Crippen LogP contribution in [0.1, 0.15) is 11.1 Å². The highest BCUT2D eigenvalue weighted by Crippen LogP contribution is 2.32. The molecule has 0 amide bonds. The number of ether oxygens (including phenoxy) is 1. The van der Waals surface area contributed by atoms with E-state index in [0.717, 1.165) is 22.9 Å². The highest BCUT2D eigenvalue weighted by molar-refractivity contribution is 6.34. The molecule has 0 fully saturated rings. The van der Waals surface area contributed by atoms with E-state index in [0.29, 0.717) is 6.61 Å². The summed E-state index contributed by atoms with van der Waals surface area (Å²) in [6, 6.07) is 14.2. The minimum absolute atomic E-state index is 0.619. The van der Waals surface area contributed by atoms with Crippen molar-refractivity contribution < 1.29 is 4.74 Å². The first-order valence-electron chi connectivity index (χ1n) is 6.89. The zero-order valence-electron chi connectivity index (χ0n) is 12.7. The third-order valence-electron chi connectivity index (χ3n) is 3.32. The molecule has 0 heterocycles. The summed E-state index contributed by atoms with van der Waals surface area (Å²) in [5.41, 5.74) is 4.45. The number of hydrogen-bond acceptors (Lipinski definition) is 3. The molecular weight excluding hydrogens is 284 g/mol. The van der Waals surface area contributed by atoms with E-state index in [1.165, 1.54) is 11.1 Å². The maximum absolute atomic E-state index is 6.29. The van der Waals surface area contributed by atoms with Crippen LogP contribution in [-0.4, -0.2) is 21.2 Å². The van der Waals surface area contributed by atoms with Crippen LogP contribution in [0.2, 0.25) is 5.02 Å². The Morgan fingerprint density at radius 3 is 2.43 bits per heavy atom. The normalized spacial score (nSPS) is 10.5. The fraction of sp³-hybridized carbons (Fsp3) is 0.294. The van der Waals surface area contributed by atoms with Gasteiger partial charge in [0.05, 0.1) is 23.0 Å². The monoisotopic (exact) mass is 304 g/mol. The second kappa shape index (κ2) is 7.34. The molecule has 0 bridgehead atoms. The van der Waals surface area contributed by atoms with Crippen molar-refractivity contribution in [3.05, 3.63) is 58.6 Å². The van der Waals surface area contributed by atoms with E-state index in [2.05, 4.69) is 17.4 Å². The molecule has 0 spiro atoms. The molecule has 0 aromatic heterocycles. The van der Waals surface area contributed by atoms with Crippen LogP contribution < -0.4 is 10.2 Å². The topological polar surface area (TPSA) is 24.5 Å². The minimum atomic E-state index is 0.619. The summed E-state index contributed by atoms with van der Waals surface area (Å²) >= 11 is 6.29. The molecule has 0 aliphatic rings. The lowest BCUT2D eigenvalue weighted by Gasteiger charge is -2.20. The van der Waals surface area contributed by atoms with Crippen LogP contribution in [0.3, 0.4) is 0 Å². The Hall–Kier alpha value is -1.71. The molecule has 0 aliphatic carbocycles. The van der Waals surface area contributed by atoms with Gasteiger partial charge < -0.3 is 15.0 Å². The van der Waals surface area contributed by atoms with E-state index >= 15 is 0 Å². The van der Waals surface area contributed by atoms with Crippen LogP contribution in [0.4, 0.5) is 11.4 Å². The van der Waals surface area contributed by atoms with E-state index in [1.807, 2.05) is 49.3 Å². The molecule has 0 saturated heterocycles. The Balaban J connectivity index is 2.19. The molecule has 1 N–H and O–H groups in total. The lowest BCUT2D eigenvalue weighted by atomic mass is 10.1. The fourth-order valence-electron chi connectivity index (χ4n) is 2.33. The number of nitrogens with one attached hydrogen (secondary N) is 1. The quantitative estimate of drug-likeness (QED) is 0.867. The van der Waals surface area contributed by atoms with Gasteiger partial charge in [0.25, 0.3) is 0 Å². The molecule has 0 aliphatic heterocycles. The number of para-hydroxylation sites is 1. The number of hydrogen-bond donors (Lipinski definition) is 1. The SMILES string of the molecule is COCc1ccccc1CNc1cccc(Cl)c1N(C)C.